The van der Waals surface area contributed by atoms with Gasteiger partial charge in [0.25, 0.3) is 0 Å². The number of nitrogens with zero attached hydrogens (tertiary/aromatic N) is 1. The fourth-order valence-corrected chi connectivity index (χ4v) is 2.93. The summed E-state index contributed by atoms with van der Waals surface area (Å²) in [5, 5.41) is 18.1. The molecule has 3 rings (SSSR count). The van der Waals surface area contributed by atoms with E-state index in [1.165, 1.54) is 12.1 Å². The van der Waals surface area contributed by atoms with Gasteiger partial charge in [-0.1, -0.05) is 12.1 Å². The normalized spacial score (nSPS) is 21.9. The zero-order valence-corrected chi connectivity index (χ0v) is 11.8. The van der Waals surface area contributed by atoms with Crippen LogP contribution in [0, 0.1) is 5.82 Å². The summed E-state index contributed by atoms with van der Waals surface area (Å²) in [7, 11) is -1.64. The van der Waals surface area contributed by atoms with Crippen molar-refractivity contribution >= 4 is 12.6 Å². The maximum Gasteiger partial charge on any atom is 0.488 e. The number of ether oxygens (including phenoxy) is 2. The summed E-state index contributed by atoms with van der Waals surface area (Å²) in [6, 6.07) is 4.32. The van der Waals surface area contributed by atoms with Crippen molar-refractivity contribution in [3.8, 4) is 0 Å². The summed E-state index contributed by atoms with van der Waals surface area (Å²) in [6.07, 6.45) is 1.59. The first-order valence-electron chi connectivity index (χ1n) is 7.23. The standard InChI is InChI=1S/C14H19BFNO4/c16-13-9-12(15(18)19)2-1-11(13)10-17-5-3-14(4-6-17)20-7-8-21-14/h1-2,9,18-19H,3-8,10H2. The molecule has 1 aromatic rings. The maximum absolute atomic E-state index is 14.0. The second-order valence-electron chi connectivity index (χ2n) is 5.61. The van der Waals surface area contributed by atoms with E-state index in [9.17, 15) is 4.39 Å². The van der Waals surface area contributed by atoms with Gasteiger partial charge >= 0.3 is 7.12 Å². The molecule has 21 heavy (non-hydrogen) atoms. The molecule has 2 N–H and O–H groups in total. The Morgan fingerprint density at radius 3 is 2.43 bits per heavy atom. The monoisotopic (exact) mass is 295 g/mol. The van der Waals surface area contributed by atoms with Crippen LogP contribution in [0.1, 0.15) is 18.4 Å². The Morgan fingerprint density at radius 1 is 1.19 bits per heavy atom. The molecule has 114 valence electrons. The lowest BCUT2D eigenvalue weighted by Gasteiger charge is -2.37. The van der Waals surface area contributed by atoms with Crippen LogP contribution in [-0.2, 0) is 16.0 Å². The first kappa shape index (κ1) is 14.9. The highest BCUT2D eigenvalue weighted by Gasteiger charge is 2.39. The molecule has 0 saturated carbocycles. The van der Waals surface area contributed by atoms with E-state index in [0.29, 0.717) is 25.3 Å². The molecule has 2 heterocycles. The van der Waals surface area contributed by atoms with E-state index in [0.717, 1.165) is 25.9 Å². The maximum atomic E-state index is 14.0. The summed E-state index contributed by atoms with van der Waals surface area (Å²) in [5.41, 5.74) is 0.727. The summed E-state index contributed by atoms with van der Waals surface area (Å²) >= 11 is 0. The van der Waals surface area contributed by atoms with Gasteiger partial charge in [-0.2, -0.15) is 0 Å². The minimum atomic E-state index is -1.64. The van der Waals surface area contributed by atoms with Crippen LogP contribution in [0.15, 0.2) is 18.2 Å². The second kappa shape index (κ2) is 6.02. The average Bonchev–Trinajstić information content (AvgIpc) is 2.92. The summed E-state index contributed by atoms with van der Waals surface area (Å²) < 4.78 is 25.3. The highest BCUT2D eigenvalue weighted by Crippen LogP contribution is 2.31. The number of likely N-dealkylation sites (tertiary alicyclic amines) is 1. The molecule has 5 nitrogen and oxygen atoms in total. The average molecular weight is 295 g/mol. The molecule has 0 radical (unpaired) electrons. The fourth-order valence-electron chi connectivity index (χ4n) is 2.93. The van der Waals surface area contributed by atoms with Crippen molar-refractivity contribution in [2.45, 2.75) is 25.2 Å². The number of rotatable bonds is 3. The van der Waals surface area contributed by atoms with E-state index in [4.69, 9.17) is 19.5 Å². The van der Waals surface area contributed by atoms with Gasteiger partial charge in [0.05, 0.1) is 13.2 Å². The van der Waals surface area contributed by atoms with Crippen molar-refractivity contribution in [1.29, 1.82) is 0 Å². The lowest BCUT2D eigenvalue weighted by molar-refractivity contribution is -0.185. The quantitative estimate of drug-likeness (QED) is 0.759. The molecule has 0 amide bonds. The lowest BCUT2D eigenvalue weighted by Crippen LogP contribution is -2.44. The van der Waals surface area contributed by atoms with Gasteiger partial charge < -0.3 is 19.5 Å². The van der Waals surface area contributed by atoms with Crippen molar-refractivity contribution in [1.82, 2.24) is 4.90 Å². The Labute approximate surface area is 123 Å². The molecule has 2 aliphatic heterocycles. The molecular formula is C14H19BFNO4. The molecule has 0 aliphatic carbocycles. The molecule has 0 atom stereocenters. The number of hydrogen-bond donors (Lipinski definition) is 2. The molecule has 7 heteroatoms. The number of benzene rings is 1. The third-order valence-electron chi connectivity index (χ3n) is 4.20. The van der Waals surface area contributed by atoms with E-state index in [1.807, 2.05) is 0 Å². The van der Waals surface area contributed by atoms with Gasteiger partial charge in [0.2, 0.25) is 0 Å². The van der Waals surface area contributed by atoms with Crippen molar-refractivity contribution in [2.75, 3.05) is 26.3 Å². The van der Waals surface area contributed by atoms with Crippen molar-refractivity contribution in [3.05, 3.63) is 29.6 Å². The van der Waals surface area contributed by atoms with Crippen LogP contribution >= 0.6 is 0 Å². The number of piperidine rings is 1. The SMILES string of the molecule is OB(O)c1ccc(CN2CCC3(CC2)OCCO3)c(F)c1. The third-order valence-corrected chi connectivity index (χ3v) is 4.20. The predicted molar refractivity (Wildman–Crippen MR) is 75.4 cm³/mol. The van der Waals surface area contributed by atoms with Gasteiger partial charge in [0.1, 0.15) is 5.82 Å². The number of halogens is 1. The Morgan fingerprint density at radius 2 is 1.86 bits per heavy atom. The Hall–Kier alpha value is -0.985. The van der Waals surface area contributed by atoms with Gasteiger partial charge in [-0.05, 0) is 11.5 Å². The van der Waals surface area contributed by atoms with Crippen molar-refractivity contribution in [3.63, 3.8) is 0 Å². The molecule has 0 aromatic heterocycles. The largest absolute Gasteiger partial charge is 0.488 e. The van der Waals surface area contributed by atoms with E-state index in [1.54, 1.807) is 6.07 Å². The summed E-state index contributed by atoms with van der Waals surface area (Å²) in [5.74, 6) is -0.825. The van der Waals surface area contributed by atoms with E-state index in [2.05, 4.69) is 4.90 Å². The Kier molecular flexibility index (Phi) is 4.28. The van der Waals surface area contributed by atoms with Crippen LogP contribution in [0.3, 0.4) is 0 Å². The van der Waals surface area contributed by atoms with Gasteiger partial charge in [-0.3, -0.25) is 4.90 Å². The van der Waals surface area contributed by atoms with Crippen molar-refractivity contribution in [2.24, 2.45) is 0 Å². The predicted octanol–water partition coefficient (Wildman–Crippen LogP) is -0.156. The van der Waals surface area contributed by atoms with Gasteiger partial charge in [0, 0.05) is 38.0 Å². The molecule has 2 saturated heterocycles. The second-order valence-corrected chi connectivity index (χ2v) is 5.61. The van der Waals surface area contributed by atoms with Crippen LogP contribution in [0.4, 0.5) is 4.39 Å². The zero-order chi connectivity index (χ0) is 14.9. The van der Waals surface area contributed by atoms with Crippen LogP contribution in [-0.4, -0.2) is 54.2 Å². The first-order chi connectivity index (χ1) is 10.1. The molecular weight excluding hydrogens is 276 g/mol. The van der Waals surface area contributed by atoms with Crippen LogP contribution in [0.2, 0.25) is 0 Å². The lowest BCUT2D eigenvalue weighted by atomic mass is 9.80. The number of hydrogen-bond acceptors (Lipinski definition) is 5. The van der Waals surface area contributed by atoms with E-state index in [-0.39, 0.29) is 5.46 Å². The topological polar surface area (TPSA) is 62.2 Å². The first-order valence-corrected chi connectivity index (χ1v) is 7.23. The highest BCUT2D eigenvalue weighted by atomic mass is 19.1. The highest BCUT2D eigenvalue weighted by molar-refractivity contribution is 6.58. The molecule has 0 unspecified atom stereocenters. The smallest absolute Gasteiger partial charge is 0.423 e. The fraction of sp³-hybridized carbons (Fsp3) is 0.571. The van der Waals surface area contributed by atoms with E-state index < -0.39 is 18.7 Å². The van der Waals surface area contributed by atoms with Gasteiger partial charge in [0.15, 0.2) is 5.79 Å². The summed E-state index contributed by atoms with van der Waals surface area (Å²) in [6.45, 7) is 3.40. The molecule has 1 aromatic carbocycles. The molecule has 1 spiro atoms. The zero-order valence-electron chi connectivity index (χ0n) is 11.8. The van der Waals surface area contributed by atoms with E-state index >= 15 is 0 Å². The van der Waals surface area contributed by atoms with Crippen molar-refractivity contribution < 1.29 is 23.9 Å². The molecule has 0 bridgehead atoms. The Balaban J connectivity index is 1.60. The van der Waals surface area contributed by atoms with Gasteiger partial charge in [-0.25, -0.2) is 4.39 Å². The Bertz CT molecular complexity index is 498. The van der Waals surface area contributed by atoms with Crippen LogP contribution < -0.4 is 5.46 Å². The van der Waals surface area contributed by atoms with Crippen LogP contribution in [0.25, 0.3) is 0 Å². The van der Waals surface area contributed by atoms with Crippen LogP contribution in [0.5, 0.6) is 0 Å². The molecule has 2 aliphatic rings. The third kappa shape index (κ3) is 3.27. The minimum absolute atomic E-state index is 0.168. The van der Waals surface area contributed by atoms with Gasteiger partial charge in [-0.15, -0.1) is 0 Å². The summed E-state index contributed by atoms with van der Waals surface area (Å²) in [4.78, 5) is 2.16. The molecule has 2 fully saturated rings. The minimum Gasteiger partial charge on any atom is -0.423 e.